The monoisotopic (exact) mass is 156 g/mol. The maximum absolute atomic E-state index is 5.26. The molecule has 0 aromatic heterocycles. The molecule has 4 heteroatoms. The van der Waals surface area contributed by atoms with Gasteiger partial charge in [-0.25, -0.2) is 0 Å². The summed E-state index contributed by atoms with van der Waals surface area (Å²) in [6.45, 7) is 1.55. The van der Waals surface area contributed by atoms with Gasteiger partial charge in [0.2, 0.25) is 5.90 Å². The van der Waals surface area contributed by atoms with Crippen molar-refractivity contribution in [1.29, 1.82) is 0 Å². The lowest BCUT2D eigenvalue weighted by molar-refractivity contribution is 0.335. The van der Waals surface area contributed by atoms with Crippen LogP contribution in [0.2, 0.25) is 0 Å². The van der Waals surface area contributed by atoms with E-state index in [9.17, 15) is 0 Å². The fourth-order valence-corrected chi connectivity index (χ4v) is 1.71. The summed E-state index contributed by atoms with van der Waals surface area (Å²) >= 11 is 1.72. The maximum Gasteiger partial charge on any atom is 0.209 e. The minimum absolute atomic E-state index is 0.215. The maximum atomic E-state index is 5.26. The highest BCUT2D eigenvalue weighted by Gasteiger charge is 2.21. The molecule has 0 aliphatic carbocycles. The van der Waals surface area contributed by atoms with Crippen LogP contribution in [0.25, 0.3) is 0 Å². The van der Waals surface area contributed by atoms with Crippen LogP contribution in [0.4, 0.5) is 0 Å². The van der Waals surface area contributed by atoms with Gasteiger partial charge in [0.25, 0.3) is 0 Å². The molecule has 3 nitrogen and oxygen atoms in total. The van der Waals surface area contributed by atoms with E-state index in [4.69, 9.17) is 4.74 Å². The normalized spacial score (nSPS) is 30.4. The van der Waals surface area contributed by atoms with E-state index in [1.165, 1.54) is 0 Å². The molecule has 54 valence electrons. The van der Waals surface area contributed by atoms with Crippen LogP contribution >= 0.6 is 11.8 Å². The van der Waals surface area contributed by atoms with Crippen LogP contribution < -0.4 is 0 Å². The number of rotatable bonds is 1. The van der Waals surface area contributed by atoms with E-state index < -0.39 is 0 Å². The van der Waals surface area contributed by atoms with Crippen molar-refractivity contribution in [3.8, 4) is 0 Å². The highest BCUT2D eigenvalue weighted by molar-refractivity contribution is 8.12. The van der Waals surface area contributed by atoms with E-state index in [2.05, 4.69) is 9.98 Å². The first-order valence-electron chi connectivity index (χ1n) is 3.27. The molecule has 1 atom stereocenters. The van der Waals surface area contributed by atoms with Crippen molar-refractivity contribution < 1.29 is 4.74 Å². The molecule has 2 heterocycles. The molecule has 0 saturated carbocycles. The van der Waals surface area contributed by atoms with Crippen molar-refractivity contribution in [3.05, 3.63) is 0 Å². The molecule has 10 heavy (non-hydrogen) atoms. The summed E-state index contributed by atoms with van der Waals surface area (Å²) in [6, 6.07) is 0.215. The Bertz CT molecular complexity index is 190. The molecule has 0 N–H and O–H groups in total. The second kappa shape index (κ2) is 2.62. The molecule has 0 amide bonds. The second-order valence-electron chi connectivity index (χ2n) is 2.17. The largest absolute Gasteiger partial charge is 0.477 e. The van der Waals surface area contributed by atoms with Crippen LogP contribution in [0.3, 0.4) is 0 Å². The third kappa shape index (κ3) is 1.03. The van der Waals surface area contributed by atoms with E-state index in [0.29, 0.717) is 0 Å². The molecule has 0 fully saturated rings. The smallest absolute Gasteiger partial charge is 0.209 e. The predicted octanol–water partition coefficient (Wildman–Crippen LogP) is 0.559. The highest BCUT2D eigenvalue weighted by atomic mass is 32.2. The Morgan fingerprint density at radius 1 is 1.70 bits per heavy atom. The Kier molecular flexibility index (Phi) is 1.63. The quantitative estimate of drug-likeness (QED) is 0.556. The molecular formula is C6H8N2OS. The van der Waals surface area contributed by atoms with Crippen LogP contribution in [0.5, 0.6) is 0 Å². The first kappa shape index (κ1) is 6.22. The van der Waals surface area contributed by atoms with Gasteiger partial charge in [0, 0.05) is 5.75 Å². The number of thioether (sulfide) groups is 1. The third-order valence-corrected chi connectivity index (χ3v) is 2.24. The van der Waals surface area contributed by atoms with E-state index in [1.54, 1.807) is 11.8 Å². The van der Waals surface area contributed by atoms with E-state index >= 15 is 0 Å². The Morgan fingerprint density at radius 2 is 2.70 bits per heavy atom. The summed E-state index contributed by atoms with van der Waals surface area (Å²) in [7, 11) is 0. The van der Waals surface area contributed by atoms with Gasteiger partial charge < -0.3 is 4.74 Å². The molecule has 0 spiro atoms. The lowest BCUT2D eigenvalue weighted by atomic mass is 10.3. The van der Waals surface area contributed by atoms with Crippen LogP contribution in [0.15, 0.2) is 9.98 Å². The molecule has 1 unspecified atom stereocenters. The summed E-state index contributed by atoms with van der Waals surface area (Å²) in [5.41, 5.74) is 1.87. The Balaban J connectivity index is 2.04. The topological polar surface area (TPSA) is 34.0 Å². The van der Waals surface area contributed by atoms with Crippen LogP contribution in [0, 0.1) is 0 Å². The van der Waals surface area contributed by atoms with Crippen LogP contribution in [-0.4, -0.2) is 36.4 Å². The molecule has 2 aliphatic heterocycles. The summed E-state index contributed by atoms with van der Waals surface area (Å²) in [5, 5.41) is 0. The standard InChI is InChI=1S/C6H8N2OS/c1-2-9-6(7-1)5-3-10-4-8-5/h4-5H,1-3H2. The van der Waals surface area contributed by atoms with Crippen molar-refractivity contribution in [3.63, 3.8) is 0 Å². The molecule has 0 aromatic carbocycles. The van der Waals surface area contributed by atoms with Crippen molar-refractivity contribution >= 4 is 23.2 Å². The molecule has 2 aliphatic rings. The average Bonchev–Trinajstić information content (AvgIpc) is 2.59. The Labute approximate surface area is 63.6 Å². The first-order valence-corrected chi connectivity index (χ1v) is 4.32. The minimum Gasteiger partial charge on any atom is -0.477 e. The van der Waals surface area contributed by atoms with Gasteiger partial charge >= 0.3 is 0 Å². The average molecular weight is 156 g/mol. The summed E-state index contributed by atoms with van der Waals surface area (Å²) in [6.07, 6.45) is 0. The number of aliphatic imine (C=N–C) groups is 2. The molecule has 0 bridgehead atoms. The summed E-state index contributed by atoms with van der Waals surface area (Å²) < 4.78 is 5.26. The van der Waals surface area contributed by atoms with E-state index in [0.717, 1.165) is 24.8 Å². The van der Waals surface area contributed by atoms with Gasteiger partial charge in [-0.1, -0.05) is 0 Å². The predicted molar refractivity (Wildman–Crippen MR) is 43.0 cm³/mol. The van der Waals surface area contributed by atoms with Crippen LogP contribution in [-0.2, 0) is 4.74 Å². The number of hydrogen-bond acceptors (Lipinski definition) is 4. The van der Waals surface area contributed by atoms with Gasteiger partial charge in [-0.3, -0.25) is 9.98 Å². The second-order valence-corrected chi connectivity index (χ2v) is 3.05. The van der Waals surface area contributed by atoms with Crippen molar-refractivity contribution in [2.75, 3.05) is 18.9 Å². The third-order valence-electron chi connectivity index (χ3n) is 1.46. The zero-order valence-corrected chi connectivity index (χ0v) is 6.30. The lowest BCUT2D eigenvalue weighted by Crippen LogP contribution is -2.18. The summed E-state index contributed by atoms with van der Waals surface area (Å²) in [5.74, 6) is 1.83. The zero-order valence-electron chi connectivity index (χ0n) is 5.49. The van der Waals surface area contributed by atoms with E-state index in [-0.39, 0.29) is 6.04 Å². The zero-order chi connectivity index (χ0) is 6.81. The molecular weight excluding hydrogens is 148 g/mol. The fraction of sp³-hybridized carbons (Fsp3) is 0.667. The van der Waals surface area contributed by atoms with Gasteiger partial charge in [-0.2, -0.15) is 0 Å². The SMILES string of the molecule is C1=NC(C2=NCCO2)CS1. The van der Waals surface area contributed by atoms with Crippen molar-refractivity contribution in [1.82, 2.24) is 0 Å². The van der Waals surface area contributed by atoms with Gasteiger partial charge in [-0.15, -0.1) is 11.8 Å². The highest BCUT2D eigenvalue weighted by Crippen LogP contribution is 2.14. The minimum atomic E-state index is 0.215. The Morgan fingerprint density at radius 3 is 3.30 bits per heavy atom. The first-order chi connectivity index (χ1) is 4.97. The van der Waals surface area contributed by atoms with Gasteiger partial charge in [-0.05, 0) is 0 Å². The summed E-state index contributed by atoms with van der Waals surface area (Å²) in [4.78, 5) is 8.38. The molecule has 2 rings (SSSR count). The molecule has 0 aromatic rings. The van der Waals surface area contributed by atoms with Gasteiger partial charge in [0.1, 0.15) is 12.6 Å². The molecule has 0 radical (unpaired) electrons. The Hall–Kier alpha value is -0.510. The number of nitrogens with zero attached hydrogens (tertiary/aromatic N) is 2. The number of hydrogen-bond donors (Lipinski definition) is 0. The lowest BCUT2D eigenvalue weighted by Gasteiger charge is -2.03. The van der Waals surface area contributed by atoms with Gasteiger partial charge in [0.05, 0.1) is 12.1 Å². The van der Waals surface area contributed by atoms with Crippen molar-refractivity contribution in [2.45, 2.75) is 6.04 Å². The van der Waals surface area contributed by atoms with Crippen LogP contribution in [0.1, 0.15) is 0 Å². The number of ether oxygens (including phenoxy) is 1. The fourth-order valence-electron chi connectivity index (χ4n) is 0.982. The van der Waals surface area contributed by atoms with Gasteiger partial charge in [0.15, 0.2) is 0 Å². The van der Waals surface area contributed by atoms with E-state index in [1.807, 2.05) is 5.55 Å². The van der Waals surface area contributed by atoms with Crippen molar-refractivity contribution in [2.24, 2.45) is 9.98 Å². The molecule has 0 saturated heterocycles.